The van der Waals surface area contributed by atoms with Crippen molar-refractivity contribution in [3.05, 3.63) is 35.6 Å². The molecule has 1 unspecified atom stereocenters. The van der Waals surface area contributed by atoms with Gasteiger partial charge in [0.2, 0.25) is 11.8 Å². The summed E-state index contributed by atoms with van der Waals surface area (Å²) in [6.07, 6.45) is 2.67. The zero-order chi connectivity index (χ0) is 16.1. The normalized spacial score (nSPS) is 12.1. The summed E-state index contributed by atoms with van der Waals surface area (Å²) >= 11 is 0. The second-order valence-corrected chi connectivity index (χ2v) is 5.52. The highest BCUT2D eigenvalue weighted by Gasteiger charge is 2.16. The van der Waals surface area contributed by atoms with Crippen LogP contribution in [0.1, 0.15) is 31.4 Å². The highest BCUT2D eigenvalue weighted by Crippen LogP contribution is 2.22. The lowest BCUT2D eigenvalue weighted by molar-refractivity contribution is -0.128. The van der Waals surface area contributed by atoms with E-state index in [2.05, 4.69) is 10.6 Å². The van der Waals surface area contributed by atoms with E-state index in [0.717, 1.165) is 28.5 Å². The summed E-state index contributed by atoms with van der Waals surface area (Å²) in [5.74, 6) is -0.356. The lowest BCUT2D eigenvalue weighted by Gasteiger charge is -2.13. The number of rotatable bonds is 6. The standard InChI is InChI=1S/C17H22N2O3/c1-4-7-18-17(21)12(3)19-16(20)9-13-10-22-15-8-11(2)5-6-14(13)15/h5-6,8,10,12H,4,7,9H2,1-3H3,(H,18,21)(H,19,20). The quantitative estimate of drug-likeness (QED) is 0.860. The average molecular weight is 302 g/mol. The molecule has 0 radical (unpaired) electrons. The van der Waals surface area contributed by atoms with Crippen molar-refractivity contribution in [2.24, 2.45) is 0 Å². The fourth-order valence-electron chi connectivity index (χ4n) is 2.26. The van der Waals surface area contributed by atoms with Gasteiger partial charge in [-0.15, -0.1) is 0 Å². The largest absolute Gasteiger partial charge is 0.464 e. The number of amides is 2. The van der Waals surface area contributed by atoms with Gasteiger partial charge in [-0.05, 0) is 31.9 Å². The maximum Gasteiger partial charge on any atom is 0.242 e. The predicted molar refractivity (Wildman–Crippen MR) is 85.6 cm³/mol. The molecule has 2 rings (SSSR count). The first-order valence-corrected chi connectivity index (χ1v) is 7.55. The fourth-order valence-corrected chi connectivity index (χ4v) is 2.26. The van der Waals surface area contributed by atoms with E-state index in [1.54, 1.807) is 13.2 Å². The van der Waals surface area contributed by atoms with E-state index in [0.29, 0.717) is 6.54 Å². The van der Waals surface area contributed by atoms with Crippen LogP contribution in [0.5, 0.6) is 0 Å². The SMILES string of the molecule is CCCNC(=O)C(C)NC(=O)Cc1coc2cc(C)ccc12. The van der Waals surface area contributed by atoms with E-state index in [4.69, 9.17) is 4.42 Å². The van der Waals surface area contributed by atoms with Gasteiger partial charge in [0.1, 0.15) is 11.6 Å². The van der Waals surface area contributed by atoms with Crippen molar-refractivity contribution in [2.75, 3.05) is 6.54 Å². The Morgan fingerprint density at radius 1 is 1.32 bits per heavy atom. The van der Waals surface area contributed by atoms with Gasteiger partial charge in [-0.3, -0.25) is 9.59 Å². The molecule has 22 heavy (non-hydrogen) atoms. The molecule has 0 spiro atoms. The third kappa shape index (κ3) is 3.87. The van der Waals surface area contributed by atoms with Crippen LogP contribution in [0.4, 0.5) is 0 Å². The second-order valence-electron chi connectivity index (χ2n) is 5.52. The van der Waals surface area contributed by atoms with Crippen LogP contribution in [0.25, 0.3) is 11.0 Å². The van der Waals surface area contributed by atoms with Crippen molar-refractivity contribution in [2.45, 2.75) is 39.7 Å². The first kappa shape index (κ1) is 16.1. The summed E-state index contributed by atoms with van der Waals surface area (Å²) in [4.78, 5) is 23.8. The smallest absolute Gasteiger partial charge is 0.242 e. The van der Waals surface area contributed by atoms with Crippen LogP contribution in [0, 0.1) is 6.92 Å². The Morgan fingerprint density at radius 3 is 2.82 bits per heavy atom. The molecule has 1 aromatic carbocycles. The van der Waals surface area contributed by atoms with Crippen LogP contribution >= 0.6 is 0 Å². The lowest BCUT2D eigenvalue weighted by atomic mass is 10.1. The molecule has 2 amide bonds. The molecule has 118 valence electrons. The molecule has 0 fully saturated rings. The Bertz CT molecular complexity index is 676. The highest BCUT2D eigenvalue weighted by molar-refractivity contribution is 5.91. The number of nitrogens with one attached hydrogen (secondary N) is 2. The first-order chi connectivity index (χ1) is 10.5. The van der Waals surface area contributed by atoms with Gasteiger partial charge < -0.3 is 15.1 Å². The Morgan fingerprint density at radius 2 is 2.09 bits per heavy atom. The Kier molecular flexibility index (Phi) is 5.20. The Balaban J connectivity index is 1.97. The first-order valence-electron chi connectivity index (χ1n) is 7.55. The average Bonchev–Trinajstić information content (AvgIpc) is 2.86. The Labute approximate surface area is 130 Å². The summed E-state index contributed by atoms with van der Waals surface area (Å²) in [5.41, 5.74) is 2.71. The van der Waals surface area contributed by atoms with Gasteiger partial charge in [-0.1, -0.05) is 19.1 Å². The van der Waals surface area contributed by atoms with E-state index in [9.17, 15) is 9.59 Å². The summed E-state index contributed by atoms with van der Waals surface area (Å²) in [5, 5.41) is 6.40. The van der Waals surface area contributed by atoms with Gasteiger partial charge in [-0.25, -0.2) is 0 Å². The van der Waals surface area contributed by atoms with Gasteiger partial charge in [0.15, 0.2) is 0 Å². The van der Waals surface area contributed by atoms with Gasteiger partial charge in [0.05, 0.1) is 12.7 Å². The minimum atomic E-state index is -0.542. The van der Waals surface area contributed by atoms with Crippen LogP contribution in [-0.4, -0.2) is 24.4 Å². The molecule has 5 heteroatoms. The van der Waals surface area contributed by atoms with Gasteiger partial charge >= 0.3 is 0 Å². The van der Waals surface area contributed by atoms with E-state index < -0.39 is 6.04 Å². The minimum absolute atomic E-state index is 0.164. The molecular weight excluding hydrogens is 280 g/mol. The molecule has 5 nitrogen and oxygen atoms in total. The number of aryl methyl sites for hydroxylation is 1. The van der Waals surface area contributed by atoms with Crippen molar-refractivity contribution >= 4 is 22.8 Å². The number of carbonyl (C=O) groups excluding carboxylic acids is 2. The number of fused-ring (bicyclic) bond motifs is 1. The summed E-state index contributed by atoms with van der Waals surface area (Å²) in [7, 11) is 0. The van der Waals surface area contributed by atoms with Gasteiger partial charge in [0.25, 0.3) is 0 Å². The number of benzene rings is 1. The highest BCUT2D eigenvalue weighted by atomic mass is 16.3. The molecule has 2 N–H and O–H groups in total. The molecule has 2 aromatic rings. The maximum atomic E-state index is 12.1. The molecule has 1 aromatic heterocycles. The maximum absolute atomic E-state index is 12.1. The fraction of sp³-hybridized carbons (Fsp3) is 0.412. The second kappa shape index (κ2) is 7.11. The van der Waals surface area contributed by atoms with Crippen LogP contribution in [0.15, 0.2) is 28.9 Å². The number of hydrogen-bond donors (Lipinski definition) is 2. The van der Waals surface area contributed by atoms with E-state index >= 15 is 0 Å². The van der Waals surface area contributed by atoms with Crippen LogP contribution in [0.3, 0.4) is 0 Å². The van der Waals surface area contributed by atoms with Crippen LogP contribution in [-0.2, 0) is 16.0 Å². The van der Waals surface area contributed by atoms with Crippen LogP contribution in [0.2, 0.25) is 0 Å². The van der Waals surface area contributed by atoms with E-state index in [1.165, 1.54) is 0 Å². The molecule has 0 saturated heterocycles. The zero-order valence-corrected chi connectivity index (χ0v) is 13.2. The lowest BCUT2D eigenvalue weighted by Crippen LogP contribution is -2.45. The molecule has 0 saturated carbocycles. The van der Waals surface area contributed by atoms with Gasteiger partial charge in [0, 0.05) is 17.5 Å². The third-order valence-electron chi connectivity index (χ3n) is 3.48. The molecule has 0 bridgehead atoms. The molecular formula is C17H22N2O3. The topological polar surface area (TPSA) is 71.3 Å². The number of hydrogen-bond acceptors (Lipinski definition) is 3. The summed E-state index contributed by atoms with van der Waals surface area (Å²) < 4.78 is 5.48. The van der Waals surface area contributed by atoms with Crippen molar-refractivity contribution < 1.29 is 14.0 Å². The predicted octanol–water partition coefficient (Wildman–Crippen LogP) is 2.31. The summed E-state index contributed by atoms with van der Waals surface area (Å²) in [6, 6.07) is 5.34. The zero-order valence-electron chi connectivity index (χ0n) is 13.2. The Hall–Kier alpha value is -2.30. The molecule has 0 aliphatic rings. The van der Waals surface area contributed by atoms with Crippen molar-refractivity contribution in [1.29, 1.82) is 0 Å². The van der Waals surface area contributed by atoms with Crippen molar-refractivity contribution in [1.82, 2.24) is 10.6 Å². The van der Waals surface area contributed by atoms with Crippen molar-refractivity contribution in [3.63, 3.8) is 0 Å². The minimum Gasteiger partial charge on any atom is -0.464 e. The van der Waals surface area contributed by atoms with E-state index in [1.807, 2.05) is 32.0 Å². The molecule has 1 heterocycles. The molecule has 0 aliphatic heterocycles. The monoisotopic (exact) mass is 302 g/mol. The van der Waals surface area contributed by atoms with Crippen molar-refractivity contribution in [3.8, 4) is 0 Å². The number of carbonyl (C=O) groups is 2. The van der Waals surface area contributed by atoms with Crippen LogP contribution < -0.4 is 10.6 Å². The third-order valence-corrected chi connectivity index (χ3v) is 3.48. The summed E-state index contributed by atoms with van der Waals surface area (Å²) in [6.45, 7) is 6.27. The van der Waals surface area contributed by atoms with Gasteiger partial charge in [-0.2, -0.15) is 0 Å². The van der Waals surface area contributed by atoms with E-state index in [-0.39, 0.29) is 18.2 Å². The molecule has 0 aliphatic carbocycles. The number of furan rings is 1. The molecule has 1 atom stereocenters.